The molecule has 0 aliphatic heterocycles. The molecule has 0 fully saturated rings. The molecule has 6 nitrogen and oxygen atoms in total. The number of aromatic nitrogens is 3. The van der Waals surface area contributed by atoms with Crippen LogP contribution in [0.1, 0.15) is 12.2 Å². The summed E-state index contributed by atoms with van der Waals surface area (Å²) in [5, 5.41) is 7.04. The standard InChI is InChI=1S/C8H16N4O2S/c1-12-8(10-7-11-12)6-9-4-3-5-15(2,13)14/h7,9H,3-6H2,1-2H3. The van der Waals surface area contributed by atoms with E-state index in [0.29, 0.717) is 19.5 Å². The summed E-state index contributed by atoms with van der Waals surface area (Å²) >= 11 is 0. The van der Waals surface area contributed by atoms with E-state index < -0.39 is 9.84 Å². The second-order valence-electron chi connectivity index (χ2n) is 3.46. The number of rotatable bonds is 6. The van der Waals surface area contributed by atoms with Gasteiger partial charge in [-0.1, -0.05) is 0 Å². The number of nitrogens with zero attached hydrogens (tertiary/aromatic N) is 3. The average Bonchev–Trinajstić information content (AvgIpc) is 2.49. The van der Waals surface area contributed by atoms with Gasteiger partial charge in [-0.2, -0.15) is 5.10 Å². The maximum Gasteiger partial charge on any atom is 0.147 e. The Kier molecular flexibility index (Phi) is 4.22. The van der Waals surface area contributed by atoms with Gasteiger partial charge in [-0.25, -0.2) is 13.4 Å². The van der Waals surface area contributed by atoms with E-state index in [2.05, 4.69) is 15.4 Å². The van der Waals surface area contributed by atoms with Gasteiger partial charge in [0.15, 0.2) is 0 Å². The molecule has 0 unspecified atom stereocenters. The highest BCUT2D eigenvalue weighted by Gasteiger charge is 2.02. The van der Waals surface area contributed by atoms with Crippen LogP contribution in [0.15, 0.2) is 6.33 Å². The van der Waals surface area contributed by atoms with Gasteiger partial charge in [0, 0.05) is 13.3 Å². The third-order valence-corrected chi connectivity index (χ3v) is 2.99. The van der Waals surface area contributed by atoms with Gasteiger partial charge in [0.1, 0.15) is 22.0 Å². The molecule has 15 heavy (non-hydrogen) atoms. The number of nitrogens with one attached hydrogen (secondary N) is 1. The van der Waals surface area contributed by atoms with Crippen LogP contribution < -0.4 is 5.32 Å². The van der Waals surface area contributed by atoms with Gasteiger partial charge in [-0.3, -0.25) is 4.68 Å². The molecule has 0 saturated carbocycles. The predicted octanol–water partition coefficient (Wildman–Crippen LogP) is -0.661. The molecule has 0 aliphatic rings. The highest BCUT2D eigenvalue weighted by molar-refractivity contribution is 7.90. The van der Waals surface area contributed by atoms with Gasteiger partial charge in [0.2, 0.25) is 0 Å². The van der Waals surface area contributed by atoms with Gasteiger partial charge >= 0.3 is 0 Å². The lowest BCUT2D eigenvalue weighted by atomic mass is 10.4. The van der Waals surface area contributed by atoms with Crippen LogP contribution in [0, 0.1) is 0 Å². The molecule has 0 bridgehead atoms. The first-order valence-electron chi connectivity index (χ1n) is 4.70. The van der Waals surface area contributed by atoms with Gasteiger partial charge in [0.25, 0.3) is 0 Å². The van der Waals surface area contributed by atoms with Crippen molar-refractivity contribution in [3.63, 3.8) is 0 Å². The Labute approximate surface area is 89.6 Å². The zero-order valence-electron chi connectivity index (χ0n) is 8.97. The second-order valence-corrected chi connectivity index (χ2v) is 5.72. The molecule has 0 radical (unpaired) electrons. The predicted molar refractivity (Wildman–Crippen MR) is 57.0 cm³/mol. The molecule has 1 aromatic rings. The fourth-order valence-electron chi connectivity index (χ4n) is 1.14. The van der Waals surface area contributed by atoms with E-state index in [1.165, 1.54) is 12.6 Å². The Morgan fingerprint density at radius 1 is 1.53 bits per heavy atom. The van der Waals surface area contributed by atoms with Crippen LogP contribution in [0.5, 0.6) is 0 Å². The summed E-state index contributed by atoms with van der Waals surface area (Å²) < 4.78 is 23.3. The van der Waals surface area contributed by atoms with Crippen LogP contribution in [0.25, 0.3) is 0 Å². The van der Waals surface area contributed by atoms with Crippen molar-refractivity contribution in [2.45, 2.75) is 13.0 Å². The zero-order chi connectivity index (χ0) is 11.3. The number of hydrogen-bond acceptors (Lipinski definition) is 5. The SMILES string of the molecule is Cn1ncnc1CNCCCS(C)(=O)=O. The third-order valence-electron chi connectivity index (χ3n) is 1.96. The maximum absolute atomic E-state index is 10.8. The molecular weight excluding hydrogens is 216 g/mol. The van der Waals surface area contributed by atoms with Gasteiger partial charge in [0.05, 0.1) is 12.3 Å². The van der Waals surface area contributed by atoms with Crippen molar-refractivity contribution in [3.8, 4) is 0 Å². The molecular formula is C8H16N4O2S. The van der Waals surface area contributed by atoms with E-state index in [0.717, 1.165) is 5.82 Å². The molecule has 1 heterocycles. The van der Waals surface area contributed by atoms with Crippen molar-refractivity contribution in [1.82, 2.24) is 20.1 Å². The van der Waals surface area contributed by atoms with Crippen molar-refractivity contribution in [1.29, 1.82) is 0 Å². The molecule has 7 heteroatoms. The fraction of sp³-hybridized carbons (Fsp3) is 0.750. The maximum atomic E-state index is 10.8. The minimum Gasteiger partial charge on any atom is -0.310 e. The van der Waals surface area contributed by atoms with Crippen LogP contribution in [0.4, 0.5) is 0 Å². The minimum atomic E-state index is -2.84. The minimum absolute atomic E-state index is 0.221. The summed E-state index contributed by atoms with van der Waals surface area (Å²) in [4.78, 5) is 4.03. The van der Waals surface area contributed by atoms with E-state index in [1.54, 1.807) is 4.68 Å². The molecule has 0 aromatic carbocycles. The summed E-state index contributed by atoms with van der Waals surface area (Å²) in [5.41, 5.74) is 0. The van der Waals surface area contributed by atoms with Gasteiger partial charge in [-0.05, 0) is 13.0 Å². The highest BCUT2D eigenvalue weighted by Crippen LogP contribution is 1.91. The fourth-order valence-corrected chi connectivity index (χ4v) is 1.81. The van der Waals surface area contributed by atoms with Crippen molar-refractivity contribution < 1.29 is 8.42 Å². The van der Waals surface area contributed by atoms with Crippen LogP contribution in [0.2, 0.25) is 0 Å². The van der Waals surface area contributed by atoms with Crippen LogP contribution in [-0.4, -0.2) is 41.7 Å². The molecule has 1 rings (SSSR count). The molecule has 0 aliphatic carbocycles. The number of sulfone groups is 1. The Hall–Kier alpha value is -0.950. The molecule has 0 atom stereocenters. The Morgan fingerprint density at radius 2 is 2.27 bits per heavy atom. The van der Waals surface area contributed by atoms with Crippen molar-refractivity contribution >= 4 is 9.84 Å². The molecule has 0 saturated heterocycles. The first-order chi connectivity index (χ1) is 6.99. The van der Waals surface area contributed by atoms with Crippen LogP contribution in [-0.2, 0) is 23.4 Å². The normalized spacial score (nSPS) is 11.9. The highest BCUT2D eigenvalue weighted by atomic mass is 32.2. The lowest BCUT2D eigenvalue weighted by Gasteiger charge is -2.03. The molecule has 1 aromatic heterocycles. The Bertz CT molecular complexity index is 399. The molecule has 0 amide bonds. The summed E-state index contributed by atoms with van der Waals surface area (Å²) in [7, 11) is -1.02. The topological polar surface area (TPSA) is 76.9 Å². The smallest absolute Gasteiger partial charge is 0.147 e. The van der Waals surface area contributed by atoms with Crippen LogP contribution >= 0.6 is 0 Å². The summed E-state index contributed by atoms with van der Waals surface area (Å²) in [6.07, 6.45) is 3.36. The second kappa shape index (κ2) is 5.22. The first kappa shape index (κ1) is 12.1. The van der Waals surface area contributed by atoms with Crippen molar-refractivity contribution in [3.05, 3.63) is 12.2 Å². The van der Waals surface area contributed by atoms with Gasteiger partial charge < -0.3 is 5.32 Å². The van der Waals surface area contributed by atoms with E-state index >= 15 is 0 Å². The zero-order valence-corrected chi connectivity index (χ0v) is 9.79. The first-order valence-corrected chi connectivity index (χ1v) is 6.76. The van der Waals surface area contributed by atoms with E-state index in [-0.39, 0.29) is 5.75 Å². The summed E-state index contributed by atoms with van der Waals surface area (Å²) in [6.45, 7) is 1.28. The Balaban J connectivity index is 2.15. The monoisotopic (exact) mass is 232 g/mol. The lowest BCUT2D eigenvalue weighted by molar-refractivity contribution is 0.586. The quantitative estimate of drug-likeness (QED) is 0.659. The number of aryl methyl sites for hydroxylation is 1. The van der Waals surface area contributed by atoms with E-state index in [1.807, 2.05) is 7.05 Å². The van der Waals surface area contributed by atoms with Crippen LogP contribution in [0.3, 0.4) is 0 Å². The van der Waals surface area contributed by atoms with E-state index in [4.69, 9.17) is 0 Å². The van der Waals surface area contributed by atoms with Crippen molar-refractivity contribution in [2.75, 3.05) is 18.6 Å². The van der Waals surface area contributed by atoms with E-state index in [9.17, 15) is 8.42 Å². The lowest BCUT2D eigenvalue weighted by Crippen LogP contribution is -2.20. The molecule has 0 spiro atoms. The van der Waals surface area contributed by atoms with Gasteiger partial charge in [-0.15, -0.1) is 0 Å². The molecule has 86 valence electrons. The molecule has 1 N–H and O–H groups in total. The number of hydrogen-bond donors (Lipinski definition) is 1. The van der Waals surface area contributed by atoms with Crippen molar-refractivity contribution in [2.24, 2.45) is 7.05 Å². The average molecular weight is 232 g/mol. The summed E-state index contributed by atoms with van der Waals surface area (Å²) in [5.74, 6) is 1.06. The summed E-state index contributed by atoms with van der Waals surface area (Å²) in [6, 6.07) is 0. The Morgan fingerprint density at radius 3 is 2.80 bits per heavy atom. The largest absolute Gasteiger partial charge is 0.310 e. The third kappa shape index (κ3) is 4.89.